The number of halogens is 2. The summed E-state index contributed by atoms with van der Waals surface area (Å²) in [5.74, 6) is -0.615. The van der Waals surface area contributed by atoms with Gasteiger partial charge in [-0.2, -0.15) is 5.26 Å². The van der Waals surface area contributed by atoms with Gasteiger partial charge in [0.2, 0.25) is 15.9 Å². The molecule has 3 aromatic rings. The fraction of sp³-hybridized carbons (Fsp3) is 0.0500. The topological polar surface area (TPSA) is 135 Å². The number of nitrogens with one attached hydrogen (secondary N) is 1. The van der Waals surface area contributed by atoms with E-state index >= 15 is 0 Å². The first-order chi connectivity index (χ1) is 14.7. The molecule has 1 amide bonds. The normalized spacial score (nSPS) is 10.9. The highest BCUT2D eigenvalue weighted by molar-refractivity contribution is 7.89. The molecule has 0 aliphatic carbocycles. The van der Waals surface area contributed by atoms with Gasteiger partial charge in [-0.25, -0.2) is 18.5 Å². The van der Waals surface area contributed by atoms with Crippen molar-refractivity contribution in [2.24, 2.45) is 5.14 Å². The van der Waals surface area contributed by atoms with Gasteiger partial charge < -0.3 is 10.1 Å². The van der Waals surface area contributed by atoms with E-state index in [1.807, 2.05) is 6.07 Å². The van der Waals surface area contributed by atoms with E-state index in [4.69, 9.17) is 38.3 Å². The summed E-state index contributed by atoms with van der Waals surface area (Å²) in [6.07, 6.45) is 1.24. The van der Waals surface area contributed by atoms with Gasteiger partial charge in [-0.15, -0.1) is 0 Å². The maximum atomic E-state index is 12.4. The first-order valence-electron chi connectivity index (χ1n) is 8.61. The number of amides is 1. The maximum Gasteiger partial charge on any atom is 0.241 e. The molecule has 3 rings (SSSR count). The Labute approximate surface area is 188 Å². The zero-order valence-corrected chi connectivity index (χ0v) is 18.0. The molecule has 158 valence electrons. The molecule has 1 heterocycles. The summed E-state index contributed by atoms with van der Waals surface area (Å²) in [6, 6.07) is 13.9. The lowest BCUT2D eigenvalue weighted by Crippen LogP contribution is -2.17. The molecule has 0 aliphatic rings. The lowest BCUT2D eigenvalue weighted by Gasteiger charge is -2.13. The summed E-state index contributed by atoms with van der Waals surface area (Å²) in [5.41, 5.74) is 0.700. The van der Waals surface area contributed by atoms with Gasteiger partial charge in [0.15, 0.2) is 11.4 Å². The maximum absolute atomic E-state index is 12.4. The van der Waals surface area contributed by atoms with Crippen molar-refractivity contribution in [3.05, 3.63) is 76.0 Å². The van der Waals surface area contributed by atoms with Gasteiger partial charge in [0.05, 0.1) is 11.4 Å². The average molecular weight is 477 g/mol. The van der Waals surface area contributed by atoms with Crippen molar-refractivity contribution in [2.45, 2.75) is 11.3 Å². The van der Waals surface area contributed by atoms with E-state index in [9.17, 15) is 13.2 Å². The smallest absolute Gasteiger partial charge is 0.241 e. The van der Waals surface area contributed by atoms with Crippen molar-refractivity contribution >= 4 is 44.8 Å². The van der Waals surface area contributed by atoms with Gasteiger partial charge in [0.1, 0.15) is 16.7 Å². The molecular formula is C20H14Cl2N4O4S. The first kappa shape index (κ1) is 22.5. The Morgan fingerprint density at radius 1 is 1.16 bits per heavy atom. The van der Waals surface area contributed by atoms with Crippen LogP contribution in [0.2, 0.25) is 10.0 Å². The number of carbonyl (C=O) groups is 1. The van der Waals surface area contributed by atoms with Gasteiger partial charge in [-0.3, -0.25) is 4.79 Å². The Morgan fingerprint density at radius 2 is 1.90 bits per heavy atom. The number of hydrogen-bond donors (Lipinski definition) is 2. The number of benzene rings is 2. The largest absolute Gasteiger partial charge is 0.453 e. The molecule has 0 radical (unpaired) electrons. The number of primary sulfonamides is 1. The number of pyridine rings is 1. The minimum Gasteiger partial charge on any atom is -0.453 e. The second-order valence-electron chi connectivity index (χ2n) is 6.24. The molecule has 0 spiro atoms. The third-order valence-corrected chi connectivity index (χ3v) is 5.50. The zero-order valence-electron chi connectivity index (χ0n) is 15.7. The number of rotatable bonds is 6. The minimum absolute atomic E-state index is 0.0116. The van der Waals surface area contributed by atoms with Crippen LogP contribution in [0.5, 0.6) is 11.5 Å². The van der Waals surface area contributed by atoms with Crippen LogP contribution in [0.15, 0.2) is 59.6 Å². The summed E-state index contributed by atoms with van der Waals surface area (Å²) in [6.45, 7) is 0. The van der Waals surface area contributed by atoms with Crippen LogP contribution >= 0.6 is 23.2 Å². The van der Waals surface area contributed by atoms with Crippen LogP contribution in [0.1, 0.15) is 11.3 Å². The van der Waals surface area contributed by atoms with E-state index < -0.39 is 20.8 Å². The molecule has 0 unspecified atom stereocenters. The minimum atomic E-state index is -4.24. The Hall–Kier alpha value is -3.16. The van der Waals surface area contributed by atoms with E-state index in [-0.39, 0.29) is 34.3 Å². The summed E-state index contributed by atoms with van der Waals surface area (Å²) >= 11 is 11.9. The van der Waals surface area contributed by atoms with Crippen molar-refractivity contribution in [3.8, 4) is 17.6 Å². The molecule has 8 nitrogen and oxygen atoms in total. The highest BCUT2D eigenvalue weighted by Gasteiger charge is 2.19. The number of aromatic nitrogens is 1. The Kier molecular flexibility index (Phi) is 6.77. The van der Waals surface area contributed by atoms with E-state index in [1.54, 1.807) is 24.3 Å². The van der Waals surface area contributed by atoms with Gasteiger partial charge in [0, 0.05) is 23.0 Å². The summed E-state index contributed by atoms with van der Waals surface area (Å²) in [5, 5.41) is 17.7. The van der Waals surface area contributed by atoms with E-state index in [1.165, 1.54) is 24.4 Å². The predicted octanol–water partition coefficient (Wildman–Crippen LogP) is 3.88. The molecule has 0 atom stereocenters. The number of sulfonamides is 1. The second kappa shape index (κ2) is 9.32. The zero-order chi connectivity index (χ0) is 22.6. The molecule has 0 fully saturated rings. The van der Waals surface area contributed by atoms with Gasteiger partial charge >= 0.3 is 0 Å². The van der Waals surface area contributed by atoms with Crippen LogP contribution in [0, 0.1) is 11.3 Å². The molecule has 11 heteroatoms. The summed E-state index contributed by atoms with van der Waals surface area (Å²) < 4.78 is 29.8. The van der Waals surface area contributed by atoms with Crippen molar-refractivity contribution < 1.29 is 17.9 Å². The monoisotopic (exact) mass is 476 g/mol. The van der Waals surface area contributed by atoms with Gasteiger partial charge in [-0.1, -0.05) is 41.4 Å². The number of carbonyl (C=O) groups excluding carboxylic acids is 1. The predicted molar refractivity (Wildman–Crippen MR) is 116 cm³/mol. The Bertz CT molecular complexity index is 1310. The van der Waals surface area contributed by atoms with E-state index in [2.05, 4.69) is 10.3 Å². The van der Waals surface area contributed by atoms with Crippen molar-refractivity contribution in [3.63, 3.8) is 0 Å². The number of anilines is 1. The lowest BCUT2D eigenvalue weighted by molar-refractivity contribution is -0.115. The third kappa shape index (κ3) is 5.71. The number of nitrogens with two attached hydrogens (primary N) is 1. The number of ether oxygens (including phenoxy) is 1. The quantitative estimate of drug-likeness (QED) is 0.553. The number of nitriles is 1. The van der Waals surface area contributed by atoms with E-state index in [0.29, 0.717) is 10.6 Å². The SMILES string of the molecule is N#Cc1ncc(Cl)cc1Oc1ccc(NC(=O)Cc2ccccc2Cl)cc1S(N)(=O)=O. The number of hydrogen-bond acceptors (Lipinski definition) is 6. The van der Waals surface area contributed by atoms with Crippen LogP contribution in [0.4, 0.5) is 5.69 Å². The Morgan fingerprint density at radius 3 is 2.58 bits per heavy atom. The highest BCUT2D eigenvalue weighted by Crippen LogP contribution is 2.33. The van der Waals surface area contributed by atoms with Crippen molar-refractivity contribution in [1.29, 1.82) is 5.26 Å². The highest BCUT2D eigenvalue weighted by atomic mass is 35.5. The van der Waals surface area contributed by atoms with Crippen LogP contribution in [0.25, 0.3) is 0 Å². The summed E-state index contributed by atoms with van der Waals surface area (Å²) in [7, 11) is -4.24. The van der Waals surface area contributed by atoms with Crippen molar-refractivity contribution in [1.82, 2.24) is 4.98 Å². The van der Waals surface area contributed by atoms with Gasteiger partial charge in [-0.05, 0) is 29.8 Å². The molecular weight excluding hydrogens is 463 g/mol. The Balaban J connectivity index is 1.89. The van der Waals surface area contributed by atoms with E-state index in [0.717, 1.165) is 6.07 Å². The number of nitrogens with zero attached hydrogens (tertiary/aromatic N) is 2. The van der Waals surface area contributed by atoms with Crippen molar-refractivity contribution in [2.75, 3.05) is 5.32 Å². The first-order valence-corrected chi connectivity index (χ1v) is 10.9. The fourth-order valence-electron chi connectivity index (χ4n) is 2.61. The molecule has 0 aliphatic heterocycles. The van der Waals surface area contributed by atoms with Crippen LogP contribution < -0.4 is 15.2 Å². The van der Waals surface area contributed by atoms with Gasteiger partial charge in [0.25, 0.3) is 0 Å². The second-order valence-corrected chi connectivity index (χ2v) is 8.61. The fourth-order valence-corrected chi connectivity index (χ4v) is 3.65. The van der Waals surface area contributed by atoms with Crippen LogP contribution in [-0.4, -0.2) is 19.3 Å². The van der Waals surface area contributed by atoms with Crippen LogP contribution in [-0.2, 0) is 21.2 Å². The third-order valence-electron chi connectivity index (χ3n) is 3.99. The summed E-state index contributed by atoms with van der Waals surface area (Å²) in [4.78, 5) is 15.8. The molecule has 0 bridgehead atoms. The molecule has 1 aromatic heterocycles. The molecule has 31 heavy (non-hydrogen) atoms. The molecule has 0 saturated heterocycles. The average Bonchev–Trinajstić information content (AvgIpc) is 2.70. The molecule has 2 aromatic carbocycles. The van der Waals surface area contributed by atoms with Crippen LogP contribution in [0.3, 0.4) is 0 Å². The lowest BCUT2D eigenvalue weighted by atomic mass is 10.1. The standard InChI is InChI=1S/C20H14Cl2N4O4S/c21-13-8-18(16(10-23)25-11-13)30-17-6-5-14(9-19(17)31(24,28)29)26-20(27)7-12-3-1-2-4-15(12)22/h1-6,8-9,11H,7H2,(H,26,27)(H2,24,28,29). The molecule has 0 saturated carbocycles. The molecule has 3 N–H and O–H groups in total.